The fourth-order valence-corrected chi connectivity index (χ4v) is 2.29. The van der Waals surface area contributed by atoms with Gasteiger partial charge in [-0.3, -0.25) is 9.59 Å². The van der Waals surface area contributed by atoms with E-state index in [4.69, 9.17) is 23.2 Å². The van der Waals surface area contributed by atoms with Gasteiger partial charge in [-0.25, -0.2) is 0 Å². The number of benzene rings is 1. The topological polar surface area (TPSA) is 61.4 Å². The fourth-order valence-electron chi connectivity index (χ4n) is 1.80. The predicted molar refractivity (Wildman–Crippen MR) is 74.5 cm³/mol. The number of hydrogen-bond donors (Lipinski definition) is 2. The number of nitrogens with one attached hydrogen (secondary N) is 2. The number of nitrogens with zero attached hydrogens (tertiary/aromatic N) is 1. The van der Waals surface area contributed by atoms with Crippen molar-refractivity contribution in [3.8, 4) is 0 Å². The number of amides is 2. The number of para-hydroxylation sites is 1. The van der Waals surface area contributed by atoms with Crippen molar-refractivity contribution in [1.82, 2.24) is 10.2 Å². The van der Waals surface area contributed by atoms with Crippen LogP contribution in [0.25, 0.3) is 0 Å². The number of anilines is 1. The van der Waals surface area contributed by atoms with Gasteiger partial charge in [-0.2, -0.15) is 0 Å². The Labute approximate surface area is 120 Å². The smallest absolute Gasteiger partial charge is 0.313 e. The Bertz CT molecular complexity index is 481. The van der Waals surface area contributed by atoms with Crippen LogP contribution in [0.3, 0.4) is 0 Å². The van der Waals surface area contributed by atoms with Crippen LogP contribution in [0.15, 0.2) is 18.2 Å². The largest absolute Gasteiger partial charge is 0.332 e. The van der Waals surface area contributed by atoms with Crippen LogP contribution < -0.4 is 10.6 Å². The Morgan fingerprint density at radius 1 is 1.16 bits per heavy atom. The van der Waals surface area contributed by atoms with Crippen molar-refractivity contribution >= 4 is 40.7 Å². The molecular weight excluding hydrogens is 289 g/mol. The lowest BCUT2D eigenvalue weighted by Gasteiger charge is -2.26. The van der Waals surface area contributed by atoms with Crippen molar-refractivity contribution in [2.75, 3.05) is 31.5 Å². The molecule has 2 amide bonds. The van der Waals surface area contributed by atoms with Crippen molar-refractivity contribution < 1.29 is 9.59 Å². The summed E-state index contributed by atoms with van der Waals surface area (Å²) in [4.78, 5) is 25.3. The SMILES string of the molecule is O=C(Nc1c(Cl)cccc1Cl)C(=O)N1CCNCC1. The lowest BCUT2D eigenvalue weighted by Crippen LogP contribution is -2.49. The number of piperazine rings is 1. The van der Waals surface area contributed by atoms with Crippen LogP contribution in [0.5, 0.6) is 0 Å². The summed E-state index contributed by atoms with van der Waals surface area (Å²) >= 11 is 11.9. The van der Waals surface area contributed by atoms with Crippen molar-refractivity contribution in [2.24, 2.45) is 0 Å². The Balaban J connectivity index is 2.06. The first-order valence-electron chi connectivity index (χ1n) is 5.84. The van der Waals surface area contributed by atoms with Crippen LogP contribution in [0.2, 0.25) is 10.0 Å². The standard InChI is InChI=1S/C12H13Cl2N3O2/c13-8-2-1-3-9(14)10(8)16-11(18)12(19)17-6-4-15-5-7-17/h1-3,15H,4-7H2,(H,16,18). The molecule has 0 atom stereocenters. The van der Waals surface area contributed by atoms with Crippen LogP contribution in [0, 0.1) is 0 Å². The minimum Gasteiger partial charge on any atom is -0.332 e. The van der Waals surface area contributed by atoms with E-state index in [-0.39, 0.29) is 5.69 Å². The second-order valence-electron chi connectivity index (χ2n) is 4.09. The fraction of sp³-hybridized carbons (Fsp3) is 0.333. The molecule has 0 bridgehead atoms. The molecule has 19 heavy (non-hydrogen) atoms. The highest BCUT2D eigenvalue weighted by Gasteiger charge is 2.24. The number of carbonyl (C=O) groups excluding carboxylic acids is 2. The lowest BCUT2D eigenvalue weighted by atomic mass is 10.3. The minimum absolute atomic E-state index is 0.263. The molecule has 0 radical (unpaired) electrons. The van der Waals surface area contributed by atoms with Crippen molar-refractivity contribution in [1.29, 1.82) is 0 Å². The van der Waals surface area contributed by atoms with Crippen LogP contribution in [0.4, 0.5) is 5.69 Å². The molecule has 1 heterocycles. The first kappa shape index (κ1) is 14.1. The van der Waals surface area contributed by atoms with E-state index in [1.807, 2.05) is 0 Å². The van der Waals surface area contributed by atoms with Gasteiger partial charge in [0.2, 0.25) is 0 Å². The summed E-state index contributed by atoms with van der Waals surface area (Å²) in [5.74, 6) is -1.30. The lowest BCUT2D eigenvalue weighted by molar-refractivity contribution is -0.143. The molecule has 2 rings (SSSR count). The van der Waals surface area contributed by atoms with Crippen molar-refractivity contribution in [2.45, 2.75) is 0 Å². The van der Waals surface area contributed by atoms with Crippen LogP contribution in [0.1, 0.15) is 0 Å². The molecular formula is C12H13Cl2N3O2. The molecule has 0 spiro atoms. The zero-order valence-corrected chi connectivity index (χ0v) is 11.6. The maximum atomic E-state index is 11.9. The molecule has 102 valence electrons. The molecule has 0 aromatic heterocycles. The summed E-state index contributed by atoms with van der Waals surface area (Å²) in [5.41, 5.74) is 0.263. The van der Waals surface area contributed by atoms with E-state index >= 15 is 0 Å². The number of halogens is 2. The van der Waals surface area contributed by atoms with Gasteiger partial charge >= 0.3 is 11.8 Å². The van der Waals surface area contributed by atoms with Gasteiger partial charge in [0.05, 0.1) is 15.7 Å². The van der Waals surface area contributed by atoms with Gasteiger partial charge in [0.25, 0.3) is 0 Å². The summed E-state index contributed by atoms with van der Waals surface area (Å²) in [5, 5.41) is 6.17. The second-order valence-corrected chi connectivity index (χ2v) is 4.91. The molecule has 1 aromatic rings. The van der Waals surface area contributed by atoms with Gasteiger partial charge < -0.3 is 15.5 Å². The van der Waals surface area contributed by atoms with Crippen molar-refractivity contribution in [3.05, 3.63) is 28.2 Å². The van der Waals surface area contributed by atoms with E-state index in [1.54, 1.807) is 18.2 Å². The Hall–Kier alpha value is -1.30. The molecule has 5 nitrogen and oxygen atoms in total. The zero-order chi connectivity index (χ0) is 13.8. The van der Waals surface area contributed by atoms with E-state index in [9.17, 15) is 9.59 Å². The average Bonchev–Trinajstić information content (AvgIpc) is 2.43. The molecule has 1 aliphatic rings. The summed E-state index contributed by atoms with van der Waals surface area (Å²) < 4.78 is 0. The van der Waals surface area contributed by atoms with E-state index in [1.165, 1.54) is 4.90 Å². The van der Waals surface area contributed by atoms with Crippen LogP contribution >= 0.6 is 23.2 Å². The minimum atomic E-state index is -0.725. The summed E-state index contributed by atoms with van der Waals surface area (Å²) in [6.45, 7) is 2.41. The highest BCUT2D eigenvalue weighted by molar-refractivity contribution is 6.44. The Kier molecular flexibility index (Phi) is 4.63. The number of carbonyl (C=O) groups is 2. The maximum absolute atomic E-state index is 11.9. The highest BCUT2D eigenvalue weighted by Crippen LogP contribution is 2.29. The number of rotatable bonds is 1. The van der Waals surface area contributed by atoms with Gasteiger partial charge in [-0.05, 0) is 12.1 Å². The van der Waals surface area contributed by atoms with Crippen molar-refractivity contribution in [3.63, 3.8) is 0 Å². The molecule has 2 N–H and O–H groups in total. The Morgan fingerprint density at radius 2 is 1.74 bits per heavy atom. The molecule has 1 saturated heterocycles. The molecule has 1 aliphatic heterocycles. The molecule has 1 aromatic carbocycles. The maximum Gasteiger partial charge on any atom is 0.313 e. The average molecular weight is 302 g/mol. The molecule has 7 heteroatoms. The van der Waals surface area contributed by atoms with Gasteiger partial charge in [0.1, 0.15) is 0 Å². The van der Waals surface area contributed by atoms with Crippen LogP contribution in [-0.4, -0.2) is 42.9 Å². The first-order chi connectivity index (χ1) is 9.09. The van der Waals surface area contributed by atoms with Gasteiger partial charge in [0.15, 0.2) is 0 Å². The monoisotopic (exact) mass is 301 g/mol. The van der Waals surface area contributed by atoms with E-state index in [0.717, 1.165) is 0 Å². The summed E-state index contributed by atoms with van der Waals surface area (Å²) in [6, 6.07) is 4.86. The molecule has 0 unspecified atom stereocenters. The zero-order valence-electron chi connectivity index (χ0n) is 10.1. The molecule has 0 saturated carbocycles. The van der Waals surface area contributed by atoms with E-state index in [0.29, 0.717) is 36.2 Å². The Morgan fingerprint density at radius 3 is 2.32 bits per heavy atom. The van der Waals surface area contributed by atoms with E-state index < -0.39 is 11.8 Å². The predicted octanol–water partition coefficient (Wildman–Crippen LogP) is 1.36. The quantitative estimate of drug-likeness (QED) is 0.770. The third-order valence-electron chi connectivity index (χ3n) is 2.80. The van der Waals surface area contributed by atoms with Gasteiger partial charge in [-0.1, -0.05) is 29.3 Å². The molecule has 0 aliphatic carbocycles. The third-order valence-corrected chi connectivity index (χ3v) is 3.43. The van der Waals surface area contributed by atoms with Crippen LogP contribution in [-0.2, 0) is 9.59 Å². The number of hydrogen-bond acceptors (Lipinski definition) is 3. The summed E-state index contributed by atoms with van der Waals surface area (Å²) in [7, 11) is 0. The van der Waals surface area contributed by atoms with Gasteiger partial charge in [0, 0.05) is 26.2 Å². The second kappa shape index (κ2) is 6.23. The van der Waals surface area contributed by atoms with Gasteiger partial charge in [-0.15, -0.1) is 0 Å². The third kappa shape index (κ3) is 3.37. The highest BCUT2D eigenvalue weighted by atomic mass is 35.5. The van der Waals surface area contributed by atoms with E-state index in [2.05, 4.69) is 10.6 Å². The molecule has 1 fully saturated rings. The normalized spacial score (nSPS) is 15.2. The first-order valence-corrected chi connectivity index (χ1v) is 6.60. The summed E-state index contributed by atoms with van der Waals surface area (Å²) in [6.07, 6.45) is 0.